The summed E-state index contributed by atoms with van der Waals surface area (Å²) in [5.41, 5.74) is 1.80. The standard InChI is InChI=1S/C22H24ClN5OS/c1-15-9-13-27(14-10-15)21(29)16(2)30-22-26-25-20(17-7-11-24-12-8-17)28(22)19-5-3-18(23)4-6-19/h3-8,11-12,15-16H,9-10,13-14H2,1-2H3/t16-/m0/s1. The molecule has 0 radical (unpaired) electrons. The Bertz CT molecular complexity index is 1000. The third-order valence-electron chi connectivity index (χ3n) is 5.38. The smallest absolute Gasteiger partial charge is 0.235 e. The van der Waals surface area contributed by atoms with Crippen molar-refractivity contribution in [1.82, 2.24) is 24.6 Å². The van der Waals surface area contributed by atoms with Gasteiger partial charge in [0.1, 0.15) is 0 Å². The molecular weight excluding hydrogens is 418 g/mol. The Kier molecular flexibility index (Phi) is 6.39. The summed E-state index contributed by atoms with van der Waals surface area (Å²) in [6.45, 7) is 5.85. The van der Waals surface area contributed by atoms with Gasteiger partial charge in [-0.3, -0.25) is 14.3 Å². The van der Waals surface area contributed by atoms with E-state index in [9.17, 15) is 4.79 Å². The van der Waals surface area contributed by atoms with Crippen LogP contribution in [0.25, 0.3) is 17.1 Å². The van der Waals surface area contributed by atoms with Crippen molar-refractivity contribution in [2.45, 2.75) is 37.1 Å². The van der Waals surface area contributed by atoms with Gasteiger partial charge < -0.3 is 4.90 Å². The fourth-order valence-corrected chi connectivity index (χ4v) is 4.63. The maximum Gasteiger partial charge on any atom is 0.235 e. The molecule has 4 rings (SSSR count). The SMILES string of the molecule is CC1CCN(C(=O)[C@H](C)Sc2nnc(-c3ccncc3)n2-c2ccc(Cl)cc2)CC1. The number of carbonyl (C=O) groups excluding carboxylic acids is 1. The topological polar surface area (TPSA) is 63.9 Å². The van der Waals surface area contributed by atoms with Crippen LogP contribution in [0.5, 0.6) is 0 Å². The van der Waals surface area contributed by atoms with Crippen LogP contribution in [0.15, 0.2) is 53.9 Å². The highest BCUT2D eigenvalue weighted by Gasteiger charge is 2.27. The van der Waals surface area contributed by atoms with E-state index in [1.54, 1.807) is 12.4 Å². The van der Waals surface area contributed by atoms with Crippen molar-refractivity contribution in [1.29, 1.82) is 0 Å². The molecule has 0 bridgehead atoms. The molecule has 1 atom stereocenters. The van der Waals surface area contributed by atoms with Crippen LogP contribution in [0.4, 0.5) is 0 Å². The molecule has 2 aromatic heterocycles. The summed E-state index contributed by atoms with van der Waals surface area (Å²) in [7, 11) is 0. The first-order chi connectivity index (χ1) is 14.5. The summed E-state index contributed by atoms with van der Waals surface area (Å²) in [6.07, 6.45) is 5.59. The van der Waals surface area contributed by atoms with Crippen LogP contribution in [0.3, 0.4) is 0 Å². The number of carbonyl (C=O) groups is 1. The number of aromatic nitrogens is 4. The Morgan fingerprint density at radius 3 is 2.43 bits per heavy atom. The summed E-state index contributed by atoms with van der Waals surface area (Å²) < 4.78 is 1.97. The summed E-state index contributed by atoms with van der Waals surface area (Å²) in [6, 6.07) is 11.3. The van der Waals surface area contributed by atoms with Crippen LogP contribution >= 0.6 is 23.4 Å². The molecule has 3 heterocycles. The van der Waals surface area contributed by atoms with Gasteiger partial charge in [0.15, 0.2) is 11.0 Å². The number of hydrogen-bond donors (Lipinski definition) is 0. The van der Waals surface area contributed by atoms with Crippen LogP contribution < -0.4 is 0 Å². The molecule has 1 saturated heterocycles. The molecule has 0 aliphatic carbocycles. The summed E-state index contributed by atoms with van der Waals surface area (Å²) >= 11 is 7.52. The number of nitrogens with zero attached hydrogens (tertiary/aromatic N) is 5. The highest BCUT2D eigenvalue weighted by molar-refractivity contribution is 8.00. The van der Waals surface area contributed by atoms with Crippen LogP contribution in [0.2, 0.25) is 5.02 Å². The summed E-state index contributed by atoms with van der Waals surface area (Å²) in [4.78, 5) is 19.1. The number of benzene rings is 1. The lowest BCUT2D eigenvalue weighted by Gasteiger charge is -2.32. The molecule has 3 aromatic rings. The van der Waals surface area contributed by atoms with Gasteiger partial charge in [-0.15, -0.1) is 10.2 Å². The first-order valence-electron chi connectivity index (χ1n) is 10.1. The van der Waals surface area contributed by atoms with E-state index in [0.29, 0.717) is 21.9 Å². The van der Waals surface area contributed by atoms with Gasteiger partial charge in [-0.2, -0.15) is 0 Å². The van der Waals surface area contributed by atoms with E-state index in [-0.39, 0.29) is 11.2 Å². The number of halogens is 1. The number of hydrogen-bond acceptors (Lipinski definition) is 5. The van der Waals surface area contributed by atoms with E-state index >= 15 is 0 Å². The number of pyridine rings is 1. The van der Waals surface area contributed by atoms with Crippen molar-refractivity contribution >= 4 is 29.3 Å². The van der Waals surface area contributed by atoms with Crippen molar-refractivity contribution in [2.75, 3.05) is 13.1 Å². The molecule has 0 spiro atoms. The normalized spacial score (nSPS) is 15.9. The Labute approximate surface area is 185 Å². The summed E-state index contributed by atoms with van der Waals surface area (Å²) in [5, 5.41) is 9.94. The molecule has 156 valence electrons. The fourth-order valence-electron chi connectivity index (χ4n) is 3.55. The molecule has 8 heteroatoms. The molecular formula is C22H24ClN5OS. The molecule has 1 amide bonds. The van der Waals surface area contributed by atoms with Crippen molar-refractivity contribution in [2.24, 2.45) is 5.92 Å². The zero-order valence-electron chi connectivity index (χ0n) is 17.0. The number of thioether (sulfide) groups is 1. The van der Waals surface area contributed by atoms with E-state index < -0.39 is 0 Å². The van der Waals surface area contributed by atoms with Crippen LogP contribution in [0.1, 0.15) is 26.7 Å². The minimum absolute atomic E-state index is 0.156. The fraction of sp³-hybridized carbons (Fsp3) is 0.364. The van der Waals surface area contributed by atoms with Crippen LogP contribution in [0, 0.1) is 5.92 Å². The molecule has 6 nitrogen and oxygen atoms in total. The highest BCUT2D eigenvalue weighted by Crippen LogP contribution is 2.31. The quantitative estimate of drug-likeness (QED) is 0.536. The van der Waals surface area contributed by atoms with Gasteiger partial charge in [0.25, 0.3) is 0 Å². The van der Waals surface area contributed by atoms with Gasteiger partial charge in [-0.05, 0) is 62.1 Å². The van der Waals surface area contributed by atoms with Gasteiger partial charge in [0.05, 0.1) is 5.25 Å². The van der Waals surface area contributed by atoms with Crippen molar-refractivity contribution < 1.29 is 4.79 Å². The van der Waals surface area contributed by atoms with E-state index in [4.69, 9.17) is 11.6 Å². The maximum absolute atomic E-state index is 13.0. The van der Waals surface area contributed by atoms with E-state index in [1.807, 2.05) is 52.8 Å². The predicted molar refractivity (Wildman–Crippen MR) is 120 cm³/mol. The van der Waals surface area contributed by atoms with Gasteiger partial charge in [0, 0.05) is 41.8 Å². The molecule has 0 N–H and O–H groups in total. The molecule has 0 saturated carbocycles. The number of piperidine rings is 1. The zero-order chi connectivity index (χ0) is 21.1. The lowest BCUT2D eigenvalue weighted by molar-refractivity contribution is -0.131. The Morgan fingerprint density at radius 1 is 1.10 bits per heavy atom. The average molecular weight is 442 g/mol. The first kappa shape index (κ1) is 20.9. The monoisotopic (exact) mass is 441 g/mol. The minimum Gasteiger partial charge on any atom is -0.342 e. The van der Waals surface area contributed by atoms with E-state index in [1.165, 1.54) is 11.8 Å². The molecule has 30 heavy (non-hydrogen) atoms. The Balaban J connectivity index is 1.63. The number of likely N-dealkylation sites (tertiary alicyclic amines) is 1. The van der Waals surface area contributed by atoms with Crippen LogP contribution in [-0.2, 0) is 4.79 Å². The average Bonchev–Trinajstić information content (AvgIpc) is 3.18. The van der Waals surface area contributed by atoms with Gasteiger partial charge in [-0.1, -0.05) is 30.3 Å². The van der Waals surface area contributed by atoms with Crippen LogP contribution in [-0.4, -0.2) is 48.9 Å². The molecule has 1 aromatic carbocycles. The Hall–Kier alpha value is -2.38. The van der Waals surface area contributed by atoms with Crippen molar-refractivity contribution in [3.8, 4) is 17.1 Å². The maximum atomic E-state index is 13.0. The minimum atomic E-state index is -0.251. The third kappa shape index (κ3) is 4.52. The second-order valence-corrected chi connectivity index (χ2v) is 9.37. The summed E-state index contributed by atoms with van der Waals surface area (Å²) in [5.74, 6) is 1.55. The zero-order valence-corrected chi connectivity index (χ0v) is 18.6. The van der Waals surface area contributed by atoms with Gasteiger partial charge in [-0.25, -0.2) is 0 Å². The van der Waals surface area contributed by atoms with E-state index in [2.05, 4.69) is 22.1 Å². The van der Waals surface area contributed by atoms with E-state index in [0.717, 1.165) is 37.2 Å². The van der Waals surface area contributed by atoms with Gasteiger partial charge in [0.2, 0.25) is 5.91 Å². The predicted octanol–water partition coefficient (Wildman–Crippen LogP) is 4.72. The molecule has 1 fully saturated rings. The lowest BCUT2D eigenvalue weighted by atomic mass is 9.99. The molecule has 1 aliphatic heterocycles. The first-order valence-corrected chi connectivity index (χ1v) is 11.4. The second kappa shape index (κ2) is 9.18. The van der Waals surface area contributed by atoms with Gasteiger partial charge >= 0.3 is 0 Å². The van der Waals surface area contributed by atoms with Crippen molar-refractivity contribution in [3.63, 3.8) is 0 Å². The number of amides is 1. The molecule has 1 aliphatic rings. The van der Waals surface area contributed by atoms with Crippen molar-refractivity contribution in [3.05, 3.63) is 53.8 Å². The number of rotatable bonds is 5. The molecule has 0 unspecified atom stereocenters. The Morgan fingerprint density at radius 2 is 1.77 bits per heavy atom. The largest absolute Gasteiger partial charge is 0.342 e. The lowest BCUT2D eigenvalue weighted by Crippen LogP contribution is -2.41. The highest BCUT2D eigenvalue weighted by atomic mass is 35.5. The third-order valence-corrected chi connectivity index (χ3v) is 6.66. The second-order valence-electron chi connectivity index (χ2n) is 7.62.